The van der Waals surface area contributed by atoms with E-state index in [0.717, 1.165) is 18.8 Å². The summed E-state index contributed by atoms with van der Waals surface area (Å²) in [6.45, 7) is 3.98. The van der Waals surface area contributed by atoms with Crippen LogP contribution in [-0.4, -0.2) is 53.9 Å². The fraction of sp³-hybridized carbons (Fsp3) is 0.667. The molecular weight excluding hydrogens is 387 g/mol. The van der Waals surface area contributed by atoms with Crippen molar-refractivity contribution in [2.75, 3.05) is 27.2 Å². The number of carbonyl (C=O) groups excluding carboxylic acids is 1. The fourth-order valence-corrected chi connectivity index (χ4v) is 1.64. The zero-order chi connectivity index (χ0) is 14.8. The number of aliphatic imine (C=N–C) groups is 1. The highest BCUT2D eigenvalue weighted by Crippen LogP contribution is 1.94. The van der Waals surface area contributed by atoms with E-state index >= 15 is 0 Å². The van der Waals surface area contributed by atoms with Crippen molar-refractivity contribution in [1.29, 1.82) is 0 Å². The predicted molar refractivity (Wildman–Crippen MR) is 90.8 cm³/mol. The zero-order valence-electron chi connectivity index (χ0n) is 12.6. The standard InChI is InChI=1S/C12H22N6O2.HI/c1-4-10-17-16-9-18(10)8-7-15-12(13-2)14-6-5-11(19)20-3;/h9H,4-8H2,1-3H3,(H2,13,14,15);1H. The van der Waals surface area contributed by atoms with Crippen LogP contribution in [0.5, 0.6) is 0 Å². The molecule has 0 saturated carbocycles. The van der Waals surface area contributed by atoms with Gasteiger partial charge in [-0.3, -0.25) is 9.79 Å². The molecule has 0 spiro atoms. The van der Waals surface area contributed by atoms with Gasteiger partial charge < -0.3 is 19.9 Å². The first-order valence-corrected chi connectivity index (χ1v) is 6.59. The van der Waals surface area contributed by atoms with Gasteiger partial charge in [-0.15, -0.1) is 34.2 Å². The minimum Gasteiger partial charge on any atom is -0.469 e. The second-order valence-corrected chi connectivity index (χ2v) is 4.05. The highest BCUT2D eigenvalue weighted by molar-refractivity contribution is 14.0. The molecule has 21 heavy (non-hydrogen) atoms. The van der Waals surface area contributed by atoms with Gasteiger partial charge in [0.25, 0.3) is 0 Å². The highest BCUT2D eigenvalue weighted by atomic mass is 127. The predicted octanol–water partition coefficient (Wildman–Crippen LogP) is 0.187. The molecule has 0 amide bonds. The van der Waals surface area contributed by atoms with Gasteiger partial charge in [-0.1, -0.05) is 6.92 Å². The molecular formula is C12H23IN6O2. The smallest absolute Gasteiger partial charge is 0.307 e. The number of hydrogen-bond donors (Lipinski definition) is 2. The number of ether oxygens (including phenoxy) is 1. The summed E-state index contributed by atoms with van der Waals surface area (Å²) in [4.78, 5) is 15.1. The van der Waals surface area contributed by atoms with Gasteiger partial charge in [-0.2, -0.15) is 0 Å². The Balaban J connectivity index is 0.00000400. The summed E-state index contributed by atoms with van der Waals surface area (Å²) in [5.74, 6) is 1.37. The van der Waals surface area contributed by atoms with Gasteiger partial charge in [0.2, 0.25) is 0 Å². The van der Waals surface area contributed by atoms with E-state index in [1.165, 1.54) is 7.11 Å². The lowest BCUT2D eigenvalue weighted by Crippen LogP contribution is -2.39. The van der Waals surface area contributed by atoms with Crippen LogP contribution in [0.1, 0.15) is 19.2 Å². The van der Waals surface area contributed by atoms with Crippen molar-refractivity contribution in [3.8, 4) is 0 Å². The van der Waals surface area contributed by atoms with Crippen molar-refractivity contribution < 1.29 is 9.53 Å². The van der Waals surface area contributed by atoms with Gasteiger partial charge in [0.15, 0.2) is 5.96 Å². The molecule has 1 aromatic rings. The van der Waals surface area contributed by atoms with Crippen LogP contribution in [0.4, 0.5) is 0 Å². The van der Waals surface area contributed by atoms with Crippen LogP contribution in [0.15, 0.2) is 11.3 Å². The van der Waals surface area contributed by atoms with E-state index in [1.807, 2.05) is 11.5 Å². The molecule has 0 aliphatic carbocycles. The lowest BCUT2D eigenvalue weighted by atomic mass is 10.4. The van der Waals surface area contributed by atoms with Crippen LogP contribution in [0.3, 0.4) is 0 Å². The first kappa shape index (κ1) is 19.6. The third-order valence-corrected chi connectivity index (χ3v) is 2.73. The number of nitrogens with one attached hydrogen (secondary N) is 2. The van der Waals surface area contributed by atoms with Gasteiger partial charge in [-0.05, 0) is 0 Å². The van der Waals surface area contributed by atoms with Gasteiger partial charge in [-0.25, -0.2) is 0 Å². The Hall–Kier alpha value is -1.39. The Morgan fingerprint density at radius 3 is 2.76 bits per heavy atom. The molecule has 0 radical (unpaired) electrons. The molecule has 2 N–H and O–H groups in total. The molecule has 0 atom stereocenters. The Morgan fingerprint density at radius 2 is 2.14 bits per heavy atom. The average Bonchev–Trinajstić information content (AvgIpc) is 2.92. The van der Waals surface area contributed by atoms with Crippen LogP contribution in [0.25, 0.3) is 0 Å². The molecule has 0 aromatic carbocycles. The maximum atomic E-state index is 11.0. The number of halogens is 1. The fourth-order valence-electron chi connectivity index (χ4n) is 1.64. The van der Waals surface area contributed by atoms with Crippen LogP contribution >= 0.6 is 24.0 Å². The molecule has 120 valence electrons. The third kappa shape index (κ3) is 7.25. The molecule has 0 aliphatic rings. The number of nitrogens with zero attached hydrogens (tertiary/aromatic N) is 4. The first-order valence-electron chi connectivity index (χ1n) is 6.59. The second-order valence-electron chi connectivity index (χ2n) is 4.05. The molecule has 1 aromatic heterocycles. The summed E-state index contributed by atoms with van der Waals surface area (Å²) in [5.41, 5.74) is 0. The summed E-state index contributed by atoms with van der Waals surface area (Å²) in [6, 6.07) is 0. The molecule has 0 bridgehead atoms. The number of rotatable bonds is 7. The van der Waals surface area contributed by atoms with E-state index in [-0.39, 0.29) is 29.9 Å². The summed E-state index contributed by atoms with van der Waals surface area (Å²) < 4.78 is 6.56. The van der Waals surface area contributed by atoms with Gasteiger partial charge in [0, 0.05) is 33.1 Å². The number of guanidine groups is 1. The minimum atomic E-state index is -0.245. The van der Waals surface area contributed by atoms with E-state index in [2.05, 4.69) is 30.6 Å². The Kier molecular flexibility index (Phi) is 10.5. The minimum absolute atomic E-state index is 0. The van der Waals surface area contributed by atoms with Crippen LogP contribution < -0.4 is 10.6 Å². The summed E-state index contributed by atoms with van der Waals surface area (Å²) in [7, 11) is 3.06. The Labute approximate surface area is 141 Å². The van der Waals surface area contributed by atoms with Gasteiger partial charge in [0.05, 0.1) is 13.5 Å². The van der Waals surface area contributed by atoms with E-state index in [4.69, 9.17) is 0 Å². The van der Waals surface area contributed by atoms with Crippen molar-refractivity contribution in [2.45, 2.75) is 26.3 Å². The molecule has 0 unspecified atom stereocenters. The maximum absolute atomic E-state index is 11.0. The van der Waals surface area contributed by atoms with Crippen molar-refractivity contribution in [3.05, 3.63) is 12.2 Å². The number of esters is 1. The number of aryl methyl sites for hydroxylation is 1. The topological polar surface area (TPSA) is 93.4 Å². The lowest BCUT2D eigenvalue weighted by Gasteiger charge is -2.12. The molecule has 9 heteroatoms. The molecule has 8 nitrogen and oxygen atoms in total. The number of hydrogen-bond acceptors (Lipinski definition) is 5. The molecule has 0 aliphatic heterocycles. The van der Waals surface area contributed by atoms with Crippen LogP contribution in [0.2, 0.25) is 0 Å². The van der Waals surface area contributed by atoms with E-state index in [9.17, 15) is 4.79 Å². The largest absolute Gasteiger partial charge is 0.469 e. The average molecular weight is 410 g/mol. The summed E-state index contributed by atoms with van der Waals surface area (Å²) in [6.07, 6.45) is 2.88. The quantitative estimate of drug-likeness (QED) is 0.289. The number of aromatic nitrogens is 3. The van der Waals surface area contributed by atoms with Crippen LogP contribution in [-0.2, 0) is 22.5 Å². The monoisotopic (exact) mass is 410 g/mol. The van der Waals surface area contributed by atoms with Crippen molar-refractivity contribution in [2.24, 2.45) is 4.99 Å². The van der Waals surface area contributed by atoms with E-state index in [1.54, 1.807) is 13.4 Å². The van der Waals surface area contributed by atoms with Gasteiger partial charge in [0.1, 0.15) is 12.2 Å². The van der Waals surface area contributed by atoms with E-state index in [0.29, 0.717) is 25.5 Å². The Bertz CT molecular complexity index is 449. The SMILES string of the molecule is CCc1nncn1CCNC(=NC)NCCC(=O)OC.I. The number of carbonyl (C=O) groups is 1. The number of methoxy groups -OCH3 is 1. The van der Waals surface area contributed by atoms with Gasteiger partial charge >= 0.3 is 5.97 Å². The molecule has 1 rings (SSSR count). The molecule has 0 fully saturated rings. The van der Waals surface area contributed by atoms with Crippen molar-refractivity contribution >= 4 is 35.9 Å². The maximum Gasteiger partial charge on any atom is 0.307 e. The van der Waals surface area contributed by atoms with Crippen LogP contribution in [0, 0.1) is 0 Å². The van der Waals surface area contributed by atoms with Crippen molar-refractivity contribution in [3.63, 3.8) is 0 Å². The normalized spacial score (nSPS) is 10.7. The van der Waals surface area contributed by atoms with Crippen molar-refractivity contribution in [1.82, 2.24) is 25.4 Å². The highest BCUT2D eigenvalue weighted by Gasteiger charge is 2.03. The van der Waals surface area contributed by atoms with E-state index < -0.39 is 0 Å². The second kappa shape index (κ2) is 11.3. The summed E-state index contributed by atoms with van der Waals surface area (Å²) in [5, 5.41) is 14.1. The molecule has 0 saturated heterocycles. The first-order chi connectivity index (χ1) is 9.71. The third-order valence-electron chi connectivity index (χ3n) is 2.73. The zero-order valence-corrected chi connectivity index (χ0v) is 15.0. The Morgan fingerprint density at radius 1 is 1.43 bits per heavy atom. The molecule has 1 heterocycles. The lowest BCUT2D eigenvalue weighted by molar-refractivity contribution is -0.140. The summed E-state index contributed by atoms with van der Waals surface area (Å²) >= 11 is 0.